The molecule has 3 nitrogen and oxygen atoms in total. The third-order valence-corrected chi connectivity index (χ3v) is 4.48. The molecule has 3 rings (SSSR count). The van der Waals surface area contributed by atoms with Crippen molar-refractivity contribution in [2.24, 2.45) is 0 Å². The monoisotopic (exact) mass is 425 g/mol. The fourth-order valence-corrected chi connectivity index (χ4v) is 3.20. The molecule has 1 fully saturated rings. The van der Waals surface area contributed by atoms with E-state index in [9.17, 15) is 26.3 Å². The lowest BCUT2D eigenvalue weighted by atomic mass is 10.0. The number of nitrogens with one attached hydrogen (secondary N) is 1. The highest BCUT2D eigenvalue weighted by Gasteiger charge is 2.37. The van der Waals surface area contributed by atoms with Crippen LogP contribution in [0.15, 0.2) is 42.7 Å². The van der Waals surface area contributed by atoms with Crippen molar-refractivity contribution in [1.29, 1.82) is 0 Å². The Hall–Kier alpha value is -1.84. The van der Waals surface area contributed by atoms with Gasteiger partial charge >= 0.3 is 12.4 Å². The van der Waals surface area contributed by atoms with E-state index in [1.165, 1.54) is 0 Å². The molecule has 0 radical (unpaired) electrons. The molecule has 154 valence electrons. The largest absolute Gasteiger partial charge is 0.416 e. The van der Waals surface area contributed by atoms with Crippen LogP contribution in [0.25, 0.3) is 0 Å². The lowest BCUT2D eigenvalue weighted by molar-refractivity contribution is -0.143. The number of halogens is 7. The van der Waals surface area contributed by atoms with Crippen LogP contribution in [-0.2, 0) is 18.9 Å². The van der Waals surface area contributed by atoms with E-state index in [-0.39, 0.29) is 36.6 Å². The normalized spacial score (nSPS) is 18.6. The number of benzene rings is 1. The number of hydrogen-bond donors (Lipinski definition) is 1. The molecule has 0 saturated carbocycles. The summed E-state index contributed by atoms with van der Waals surface area (Å²) >= 11 is 0. The quantitative estimate of drug-likeness (QED) is 0.723. The summed E-state index contributed by atoms with van der Waals surface area (Å²) < 4.78 is 78.4. The van der Waals surface area contributed by atoms with Gasteiger partial charge in [0.05, 0.1) is 11.1 Å². The van der Waals surface area contributed by atoms with Gasteiger partial charge in [0.15, 0.2) is 0 Å². The Bertz CT molecular complexity index is 747. The van der Waals surface area contributed by atoms with Crippen LogP contribution in [0.1, 0.15) is 28.3 Å². The predicted molar refractivity (Wildman–Crippen MR) is 94.0 cm³/mol. The van der Waals surface area contributed by atoms with Crippen molar-refractivity contribution in [3.63, 3.8) is 0 Å². The molecular formula is C18H18ClF6N3. The lowest BCUT2D eigenvalue weighted by Crippen LogP contribution is -2.45. The van der Waals surface area contributed by atoms with Crippen LogP contribution < -0.4 is 5.32 Å². The summed E-state index contributed by atoms with van der Waals surface area (Å²) in [4.78, 5) is 5.81. The molecule has 28 heavy (non-hydrogen) atoms. The van der Waals surface area contributed by atoms with Gasteiger partial charge in [-0.15, -0.1) is 12.4 Å². The van der Waals surface area contributed by atoms with Crippen LogP contribution in [0.5, 0.6) is 0 Å². The average Bonchev–Trinajstić information content (AvgIpc) is 2.61. The highest BCUT2D eigenvalue weighted by atomic mass is 35.5. The van der Waals surface area contributed by atoms with Gasteiger partial charge in [0.2, 0.25) is 0 Å². The molecule has 1 aromatic heterocycles. The second-order valence-electron chi connectivity index (χ2n) is 6.39. The number of aromatic nitrogens is 1. The molecular weight excluding hydrogens is 408 g/mol. The van der Waals surface area contributed by atoms with Crippen molar-refractivity contribution in [1.82, 2.24) is 15.2 Å². The molecule has 1 saturated heterocycles. The lowest BCUT2D eigenvalue weighted by Gasteiger charge is -2.36. The van der Waals surface area contributed by atoms with Gasteiger partial charge in [0, 0.05) is 44.6 Å². The molecule has 0 amide bonds. The first-order valence-electron chi connectivity index (χ1n) is 8.27. The number of alkyl halides is 6. The van der Waals surface area contributed by atoms with E-state index >= 15 is 0 Å². The van der Waals surface area contributed by atoms with Gasteiger partial charge in [-0.2, -0.15) is 26.3 Å². The zero-order chi connectivity index (χ0) is 19.7. The highest BCUT2D eigenvalue weighted by Crippen LogP contribution is 2.37. The Kier molecular flexibility index (Phi) is 6.95. The average molecular weight is 426 g/mol. The first-order valence-corrected chi connectivity index (χ1v) is 8.27. The minimum absolute atomic E-state index is 0. The van der Waals surface area contributed by atoms with Crippen molar-refractivity contribution < 1.29 is 26.3 Å². The number of rotatable bonds is 3. The molecule has 1 unspecified atom stereocenters. The second-order valence-corrected chi connectivity index (χ2v) is 6.39. The van der Waals surface area contributed by atoms with Gasteiger partial charge in [-0.05, 0) is 41.5 Å². The maximum absolute atomic E-state index is 13.1. The minimum atomic E-state index is -4.84. The van der Waals surface area contributed by atoms with Crippen LogP contribution in [0.4, 0.5) is 26.3 Å². The Balaban J connectivity index is 0.00000280. The minimum Gasteiger partial charge on any atom is -0.314 e. The van der Waals surface area contributed by atoms with Crippen molar-refractivity contribution in [3.8, 4) is 0 Å². The zero-order valence-corrected chi connectivity index (χ0v) is 15.3. The predicted octanol–water partition coefficient (Wildman–Crippen LogP) is 4.69. The van der Waals surface area contributed by atoms with E-state index in [4.69, 9.17) is 0 Å². The molecule has 0 spiro atoms. The van der Waals surface area contributed by atoms with Gasteiger partial charge in [-0.3, -0.25) is 9.88 Å². The third-order valence-electron chi connectivity index (χ3n) is 4.48. The first kappa shape index (κ1) is 22.4. The maximum atomic E-state index is 13.1. The third kappa shape index (κ3) is 5.36. The number of pyridine rings is 1. The zero-order valence-electron chi connectivity index (χ0n) is 14.5. The summed E-state index contributed by atoms with van der Waals surface area (Å²) in [7, 11) is 0. The van der Waals surface area contributed by atoms with E-state index in [1.54, 1.807) is 24.5 Å². The van der Waals surface area contributed by atoms with Crippen LogP contribution in [0.2, 0.25) is 0 Å². The van der Waals surface area contributed by atoms with Gasteiger partial charge in [-0.25, -0.2) is 0 Å². The van der Waals surface area contributed by atoms with Crippen LogP contribution >= 0.6 is 12.4 Å². The molecule has 1 aromatic carbocycles. The number of hydrogen-bond acceptors (Lipinski definition) is 3. The fraction of sp³-hybridized carbons (Fsp3) is 0.389. The summed E-state index contributed by atoms with van der Waals surface area (Å²) in [5.74, 6) is 0. The van der Waals surface area contributed by atoms with E-state index < -0.39 is 23.5 Å². The maximum Gasteiger partial charge on any atom is 0.416 e. The summed E-state index contributed by atoms with van der Waals surface area (Å²) in [5, 5.41) is 3.20. The molecule has 0 bridgehead atoms. The van der Waals surface area contributed by atoms with E-state index in [2.05, 4.69) is 10.3 Å². The van der Waals surface area contributed by atoms with Gasteiger partial charge in [-0.1, -0.05) is 0 Å². The summed E-state index contributed by atoms with van der Waals surface area (Å²) in [6, 6.07) is 5.16. The van der Waals surface area contributed by atoms with Gasteiger partial charge < -0.3 is 5.32 Å². The highest BCUT2D eigenvalue weighted by molar-refractivity contribution is 5.85. The van der Waals surface area contributed by atoms with Crippen molar-refractivity contribution in [2.45, 2.75) is 24.9 Å². The Morgan fingerprint density at radius 3 is 2.07 bits per heavy atom. The molecule has 1 aliphatic heterocycles. The molecule has 2 heterocycles. The van der Waals surface area contributed by atoms with E-state index in [1.807, 2.05) is 4.90 Å². The van der Waals surface area contributed by atoms with Crippen LogP contribution in [0, 0.1) is 0 Å². The Morgan fingerprint density at radius 2 is 1.54 bits per heavy atom. The molecule has 2 aromatic rings. The smallest absolute Gasteiger partial charge is 0.314 e. The molecule has 1 aliphatic rings. The standard InChI is InChI=1S/C18H17F6N3.ClH/c19-17(20,21)14-7-12(8-15(9-14)18(22,23)24)11-27-6-5-26-10-16(27)13-1-3-25-4-2-13;/h1-4,7-9,16,26H,5-6,10-11H2;1H. The molecule has 1 atom stereocenters. The van der Waals surface area contributed by atoms with Crippen LogP contribution in [0.3, 0.4) is 0 Å². The summed E-state index contributed by atoms with van der Waals surface area (Å²) in [6.07, 6.45) is -6.48. The topological polar surface area (TPSA) is 28.2 Å². The van der Waals surface area contributed by atoms with E-state index in [0.29, 0.717) is 19.6 Å². The summed E-state index contributed by atoms with van der Waals surface area (Å²) in [6.45, 7) is 1.65. The van der Waals surface area contributed by atoms with Crippen molar-refractivity contribution in [3.05, 3.63) is 65.0 Å². The Morgan fingerprint density at radius 1 is 0.964 bits per heavy atom. The number of piperazine rings is 1. The van der Waals surface area contributed by atoms with E-state index in [0.717, 1.165) is 17.7 Å². The Labute approximate surface area is 164 Å². The second kappa shape index (κ2) is 8.67. The van der Waals surface area contributed by atoms with Gasteiger partial charge in [0.1, 0.15) is 0 Å². The molecule has 1 N–H and O–H groups in total. The molecule has 0 aliphatic carbocycles. The first-order chi connectivity index (χ1) is 12.6. The van der Waals surface area contributed by atoms with Gasteiger partial charge in [0.25, 0.3) is 0 Å². The number of nitrogens with zero attached hydrogens (tertiary/aromatic N) is 2. The summed E-state index contributed by atoms with van der Waals surface area (Å²) in [5.41, 5.74) is -1.69. The van der Waals surface area contributed by atoms with Crippen molar-refractivity contribution >= 4 is 12.4 Å². The van der Waals surface area contributed by atoms with Crippen molar-refractivity contribution in [2.75, 3.05) is 19.6 Å². The fourth-order valence-electron chi connectivity index (χ4n) is 3.20. The van der Waals surface area contributed by atoms with Crippen LogP contribution in [-0.4, -0.2) is 29.5 Å². The molecule has 10 heteroatoms. The SMILES string of the molecule is Cl.FC(F)(F)c1cc(CN2CCNCC2c2ccncc2)cc(C(F)(F)F)c1.